The Hall–Kier alpha value is -1.96. The summed E-state index contributed by atoms with van der Waals surface area (Å²) in [6.07, 6.45) is 4.99. The molecular weight excluding hydrogens is 210 g/mol. The van der Waals surface area contributed by atoms with E-state index in [9.17, 15) is 4.79 Å². The molecular formula is C15H13NO. The number of ketones is 1. The van der Waals surface area contributed by atoms with Crippen molar-refractivity contribution < 1.29 is 4.79 Å². The summed E-state index contributed by atoms with van der Waals surface area (Å²) in [5.74, 6) is 0.534. The highest BCUT2D eigenvalue weighted by molar-refractivity contribution is 5.98. The third-order valence-electron chi connectivity index (χ3n) is 3.38. The van der Waals surface area contributed by atoms with Gasteiger partial charge in [-0.25, -0.2) is 0 Å². The van der Waals surface area contributed by atoms with Gasteiger partial charge >= 0.3 is 0 Å². The lowest BCUT2D eigenvalue weighted by molar-refractivity contribution is 0.0964. The zero-order valence-corrected chi connectivity index (χ0v) is 9.47. The van der Waals surface area contributed by atoms with E-state index in [0.29, 0.717) is 12.3 Å². The van der Waals surface area contributed by atoms with Crippen LogP contribution in [-0.4, -0.2) is 10.8 Å². The van der Waals surface area contributed by atoms with Crippen molar-refractivity contribution in [3.05, 3.63) is 65.5 Å². The monoisotopic (exact) mass is 223 g/mol. The molecule has 0 unspecified atom stereocenters. The summed E-state index contributed by atoms with van der Waals surface area (Å²) in [4.78, 5) is 16.1. The predicted molar refractivity (Wildman–Crippen MR) is 66.1 cm³/mol. The number of fused-ring (bicyclic) bond motifs is 1. The van der Waals surface area contributed by atoms with E-state index in [0.717, 1.165) is 17.5 Å². The quantitative estimate of drug-likeness (QED) is 0.744. The Labute approximate surface area is 100 Å². The van der Waals surface area contributed by atoms with E-state index in [1.807, 2.05) is 24.3 Å². The molecule has 2 heteroatoms. The molecule has 2 aromatic rings. The van der Waals surface area contributed by atoms with Gasteiger partial charge in [-0.2, -0.15) is 0 Å². The van der Waals surface area contributed by atoms with Gasteiger partial charge in [0.05, 0.1) is 0 Å². The average Bonchev–Trinajstić information content (AvgIpc) is 2.40. The topological polar surface area (TPSA) is 30.0 Å². The van der Waals surface area contributed by atoms with Crippen molar-refractivity contribution in [1.29, 1.82) is 0 Å². The van der Waals surface area contributed by atoms with Gasteiger partial charge in [-0.1, -0.05) is 30.3 Å². The predicted octanol–water partition coefficient (Wildman–Crippen LogP) is 2.99. The lowest BCUT2D eigenvalue weighted by Crippen LogP contribution is -2.18. The summed E-state index contributed by atoms with van der Waals surface area (Å²) < 4.78 is 0. The molecule has 1 atom stereocenters. The Bertz CT molecular complexity index is 548. The molecule has 0 bridgehead atoms. The molecule has 0 N–H and O–H groups in total. The number of nitrogens with zero attached hydrogens (tertiary/aromatic N) is 1. The van der Waals surface area contributed by atoms with Gasteiger partial charge in [-0.3, -0.25) is 9.78 Å². The first-order valence-corrected chi connectivity index (χ1v) is 5.85. The molecule has 0 spiro atoms. The number of Topliss-reactive ketones (excluding diaryl/α,β-unsaturated/α-hetero) is 1. The summed E-state index contributed by atoms with van der Waals surface area (Å²) in [5, 5.41) is 0. The summed E-state index contributed by atoms with van der Waals surface area (Å²) in [6, 6.07) is 12.2. The van der Waals surface area contributed by atoms with Crippen LogP contribution in [0.25, 0.3) is 0 Å². The van der Waals surface area contributed by atoms with E-state index >= 15 is 0 Å². The summed E-state index contributed by atoms with van der Waals surface area (Å²) in [5.41, 5.74) is 3.19. The van der Waals surface area contributed by atoms with E-state index in [1.165, 1.54) is 5.56 Å². The molecule has 0 radical (unpaired) electrons. The second-order valence-electron chi connectivity index (χ2n) is 4.47. The normalized spacial score (nSPS) is 18.8. The van der Waals surface area contributed by atoms with Crippen LogP contribution < -0.4 is 0 Å². The van der Waals surface area contributed by atoms with Gasteiger partial charge in [0.25, 0.3) is 0 Å². The number of benzene rings is 1. The number of carbonyl (C=O) groups excluding carboxylic acids is 1. The first kappa shape index (κ1) is 10.2. The minimum Gasteiger partial charge on any atom is -0.294 e. The number of hydrogen-bond donors (Lipinski definition) is 0. The van der Waals surface area contributed by atoms with Crippen LogP contribution in [0.4, 0.5) is 0 Å². The van der Waals surface area contributed by atoms with Crippen LogP contribution in [0.2, 0.25) is 0 Å². The fourth-order valence-corrected chi connectivity index (χ4v) is 2.48. The minimum absolute atomic E-state index is 0.216. The average molecular weight is 223 g/mol. The number of carbonyl (C=O) groups is 1. The molecule has 0 aliphatic heterocycles. The second-order valence-corrected chi connectivity index (χ2v) is 4.47. The molecule has 1 aromatic heterocycles. The fraction of sp³-hybridized carbons (Fsp3) is 0.200. The van der Waals surface area contributed by atoms with Crippen LogP contribution in [-0.2, 0) is 6.42 Å². The number of rotatable bonds is 1. The third kappa shape index (κ3) is 1.86. The molecule has 0 amide bonds. The van der Waals surface area contributed by atoms with Crippen molar-refractivity contribution >= 4 is 5.78 Å². The van der Waals surface area contributed by atoms with E-state index in [4.69, 9.17) is 0 Å². The standard InChI is InChI=1S/C15H13NO/c17-15-9-13(11-4-2-1-3-5-11)8-12-6-7-16-10-14(12)15/h1-7,10,13H,8-9H2/t13-/m1/s1. The van der Waals surface area contributed by atoms with Crippen LogP contribution in [0.3, 0.4) is 0 Å². The largest absolute Gasteiger partial charge is 0.294 e. The minimum atomic E-state index is 0.216. The van der Waals surface area contributed by atoms with E-state index in [-0.39, 0.29) is 5.78 Å². The van der Waals surface area contributed by atoms with Gasteiger partial charge in [-0.15, -0.1) is 0 Å². The first-order valence-electron chi connectivity index (χ1n) is 5.85. The lowest BCUT2D eigenvalue weighted by Gasteiger charge is -2.23. The highest BCUT2D eigenvalue weighted by Crippen LogP contribution is 2.31. The Morgan fingerprint density at radius 3 is 2.71 bits per heavy atom. The van der Waals surface area contributed by atoms with Crippen molar-refractivity contribution in [3.8, 4) is 0 Å². The molecule has 1 aliphatic carbocycles. The van der Waals surface area contributed by atoms with Gasteiger partial charge in [0.1, 0.15) is 0 Å². The summed E-state index contributed by atoms with van der Waals surface area (Å²) in [7, 11) is 0. The SMILES string of the molecule is O=C1C[C@H](c2ccccc2)Cc2ccncc21. The zero-order chi connectivity index (χ0) is 11.7. The van der Waals surface area contributed by atoms with Crippen LogP contribution in [0, 0.1) is 0 Å². The number of aromatic nitrogens is 1. The molecule has 84 valence electrons. The van der Waals surface area contributed by atoms with E-state index in [1.54, 1.807) is 12.4 Å². The van der Waals surface area contributed by atoms with E-state index < -0.39 is 0 Å². The Morgan fingerprint density at radius 2 is 1.88 bits per heavy atom. The van der Waals surface area contributed by atoms with Crippen LogP contribution in [0.5, 0.6) is 0 Å². The second kappa shape index (κ2) is 4.13. The van der Waals surface area contributed by atoms with Crippen LogP contribution >= 0.6 is 0 Å². The molecule has 1 aromatic carbocycles. The summed E-state index contributed by atoms with van der Waals surface area (Å²) in [6.45, 7) is 0. The molecule has 0 saturated heterocycles. The summed E-state index contributed by atoms with van der Waals surface area (Å²) >= 11 is 0. The van der Waals surface area contributed by atoms with Crippen molar-refractivity contribution in [2.24, 2.45) is 0 Å². The molecule has 2 nitrogen and oxygen atoms in total. The van der Waals surface area contributed by atoms with E-state index in [2.05, 4.69) is 17.1 Å². The highest BCUT2D eigenvalue weighted by Gasteiger charge is 2.25. The molecule has 17 heavy (non-hydrogen) atoms. The zero-order valence-electron chi connectivity index (χ0n) is 9.47. The van der Waals surface area contributed by atoms with Crippen LogP contribution in [0.15, 0.2) is 48.8 Å². The van der Waals surface area contributed by atoms with Crippen molar-refractivity contribution in [2.45, 2.75) is 18.8 Å². The maximum Gasteiger partial charge on any atom is 0.165 e. The maximum absolute atomic E-state index is 12.0. The lowest BCUT2D eigenvalue weighted by atomic mass is 9.80. The van der Waals surface area contributed by atoms with Gasteiger partial charge < -0.3 is 0 Å². The van der Waals surface area contributed by atoms with Crippen molar-refractivity contribution in [2.75, 3.05) is 0 Å². The molecule has 1 aliphatic rings. The Morgan fingerprint density at radius 1 is 1.06 bits per heavy atom. The van der Waals surface area contributed by atoms with Crippen LogP contribution in [0.1, 0.15) is 33.8 Å². The molecule has 0 fully saturated rings. The van der Waals surface area contributed by atoms with Gasteiger partial charge in [0.15, 0.2) is 5.78 Å². The molecule has 1 heterocycles. The van der Waals surface area contributed by atoms with Gasteiger partial charge in [0, 0.05) is 24.4 Å². The highest BCUT2D eigenvalue weighted by atomic mass is 16.1. The van der Waals surface area contributed by atoms with Gasteiger partial charge in [0.2, 0.25) is 0 Å². The molecule has 3 rings (SSSR count). The number of pyridine rings is 1. The van der Waals surface area contributed by atoms with Gasteiger partial charge in [-0.05, 0) is 29.5 Å². The fourth-order valence-electron chi connectivity index (χ4n) is 2.48. The Balaban J connectivity index is 1.97. The maximum atomic E-state index is 12.0. The third-order valence-corrected chi connectivity index (χ3v) is 3.38. The first-order chi connectivity index (χ1) is 8.34. The Kier molecular flexibility index (Phi) is 2.48. The smallest absolute Gasteiger partial charge is 0.165 e. The number of hydrogen-bond acceptors (Lipinski definition) is 2. The van der Waals surface area contributed by atoms with Crippen molar-refractivity contribution in [3.63, 3.8) is 0 Å². The van der Waals surface area contributed by atoms with Crippen molar-refractivity contribution in [1.82, 2.24) is 4.98 Å². The molecule has 0 saturated carbocycles.